The molecule has 3 rings (SSSR count). The molecule has 0 unspecified atom stereocenters. The standard InChI is InChI=1S/C23H36BNO4/c1-21(2,3)27-20(26)25-14-12-18(13-15-25)16-17-8-10-19(11-9-17)24-28-22(4,5)23(6,7)29-24/h8-11,18H,12-16H2,1-7H3. The van der Waals surface area contributed by atoms with Crippen molar-refractivity contribution in [1.82, 2.24) is 4.90 Å². The van der Waals surface area contributed by atoms with Crippen molar-refractivity contribution in [3.8, 4) is 0 Å². The van der Waals surface area contributed by atoms with Gasteiger partial charge in [-0.15, -0.1) is 0 Å². The number of nitrogens with zero attached hydrogens (tertiary/aromatic N) is 1. The number of carbonyl (C=O) groups is 1. The maximum atomic E-state index is 12.2. The number of amides is 1. The van der Waals surface area contributed by atoms with Gasteiger partial charge in [-0.05, 0) is 84.7 Å². The Morgan fingerprint density at radius 1 is 1.07 bits per heavy atom. The van der Waals surface area contributed by atoms with Gasteiger partial charge < -0.3 is 18.9 Å². The van der Waals surface area contributed by atoms with Crippen LogP contribution in [0.15, 0.2) is 24.3 Å². The van der Waals surface area contributed by atoms with Crippen molar-refractivity contribution in [3.63, 3.8) is 0 Å². The molecule has 160 valence electrons. The lowest BCUT2D eigenvalue weighted by Crippen LogP contribution is -2.42. The Labute approximate surface area is 176 Å². The van der Waals surface area contributed by atoms with E-state index in [2.05, 4.69) is 52.0 Å². The number of piperidine rings is 1. The highest BCUT2D eigenvalue weighted by molar-refractivity contribution is 6.62. The van der Waals surface area contributed by atoms with Crippen LogP contribution in [0, 0.1) is 5.92 Å². The zero-order chi connectivity index (χ0) is 21.4. The summed E-state index contributed by atoms with van der Waals surface area (Å²) < 4.78 is 17.8. The predicted molar refractivity (Wildman–Crippen MR) is 116 cm³/mol. The molecule has 1 aromatic rings. The van der Waals surface area contributed by atoms with E-state index in [0.717, 1.165) is 37.8 Å². The third-order valence-electron chi connectivity index (χ3n) is 6.30. The summed E-state index contributed by atoms with van der Waals surface area (Å²) in [6, 6.07) is 8.60. The monoisotopic (exact) mass is 401 g/mol. The third kappa shape index (κ3) is 5.34. The van der Waals surface area contributed by atoms with Gasteiger partial charge in [0.25, 0.3) is 0 Å². The van der Waals surface area contributed by atoms with Crippen molar-refractivity contribution < 1.29 is 18.8 Å². The Morgan fingerprint density at radius 3 is 2.07 bits per heavy atom. The van der Waals surface area contributed by atoms with Crippen molar-refractivity contribution in [1.29, 1.82) is 0 Å². The van der Waals surface area contributed by atoms with Gasteiger partial charge in [-0.2, -0.15) is 0 Å². The summed E-state index contributed by atoms with van der Waals surface area (Å²) in [5, 5.41) is 0. The number of hydrogen-bond donors (Lipinski definition) is 0. The van der Waals surface area contributed by atoms with Crippen LogP contribution < -0.4 is 5.46 Å². The lowest BCUT2D eigenvalue weighted by atomic mass is 9.78. The smallest absolute Gasteiger partial charge is 0.444 e. The largest absolute Gasteiger partial charge is 0.494 e. The van der Waals surface area contributed by atoms with Crippen LogP contribution in [0.3, 0.4) is 0 Å². The van der Waals surface area contributed by atoms with E-state index in [9.17, 15) is 4.79 Å². The van der Waals surface area contributed by atoms with Crippen LogP contribution in [-0.2, 0) is 20.5 Å². The van der Waals surface area contributed by atoms with Crippen molar-refractivity contribution in [2.24, 2.45) is 5.92 Å². The maximum Gasteiger partial charge on any atom is 0.494 e. The molecule has 0 N–H and O–H groups in total. The fourth-order valence-electron chi connectivity index (χ4n) is 3.77. The predicted octanol–water partition coefficient (Wildman–Crippen LogP) is 4.18. The zero-order valence-corrected chi connectivity index (χ0v) is 19.1. The molecule has 1 amide bonds. The summed E-state index contributed by atoms with van der Waals surface area (Å²) in [5.74, 6) is 0.594. The number of rotatable bonds is 3. The molecule has 29 heavy (non-hydrogen) atoms. The number of hydrogen-bond acceptors (Lipinski definition) is 4. The van der Waals surface area contributed by atoms with Crippen molar-refractivity contribution in [2.45, 2.75) is 84.5 Å². The Kier molecular flexibility index (Phi) is 6.08. The molecule has 1 aromatic carbocycles. The fourth-order valence-corrected chi connectivity index (χ4v) is 3.77. The second-order valence-electron chi connectivity index (χ2n) is 10.4. The van der Waals surface area contributed by atoms with Gasteiger partial charge >= 0.3 is 13.2 Å². The summed E-state index contributed by atoms with van der Waals surface area (Å²) >= 11 is 0. The molecule has 0 aliphatic carbocycles. The molecule has 0 aromatic heterocycles. The van der Waals surface area contributed by atoms with Crippen LogP contribution in [0.5, 0.6) is 0 Å². The molecule has 6 heteroatoms. The van der Waals surface area contributed by atoms with Gasteiger partial charge in [0.2, 0.25) is 0 Å². The SMILES string of the molecule is CC(C)(C)OC(=O)N1CCC(Cc2ccc(B3OC(C)(C)C(C)(C)O3)cc2)CC1. The number of ether oxygens (including phenoxy) is 1. The minimum Gasteiger partial charge on any atom is -0.444 e. The topological polar surface area (TPSA) is 48.0 Å². The van der Waals surface area contributed by atoms with E-state index < -0.39 is 5.60 Å². The summed E-state index contributed by atoms with van der Waals surface area (Å²) in [7, 11) is -0.314. The molecule has 2 saturated heterocycles. The minimum absolute atomic E-state index is 0.192. The average Bonchev–Trinajstić information content (AvgIpc) is 2.82. The molecular formula is C23H36BNO4. The zero-order valence-electron chi connectivity index (χ0n) is 19.1. The molecular weight excluding hydrogens is 365 g/mol. The number of carbonyl (C=O) groups excluding carboxylic acids is 1. The number of likely N-dealkylation sites (tertiary alicyclic amines) is 1. The molecule has 2 aliphatic rings. The molecule has 0 atom stereocenters. The van der Waals surface area contributed by atoms with Crippen molar-refractivity contribution in [3.05, 3.63) is 29.8 Å². The van der Waals surface area contributed by atoms with Crippen LogP contribution >= 0.6 is 0 Å². The molecule has 2 heterocycles. The summed E-state index contributed by atoms with van der Waals surface area (Å²) in [6.45, 7) is 15.6. The van der Waals surface area contributed by atoms with Gasteiger partial charge in [-0.1, -0.05) is 24.3 Å². The maximum absolute atomic E-state index is 12.2. The van der Waals surface area contributed by atoms with E-state index in [1.807, 2.05) is 25.7 Å². The molecule has 5 nitrogen and oxygen atoms in total. The average molecular weight is 401 g/mol. The first-order valence-electron chi connectivity index (χ1n) is 10.8. The lowest BCUT2D eigenvalue weighted by Gasteiger charge is -2.33. The second kappa shape index (κ2) is 7.95. The van der Waals surface area contributed by atoms with Crippen molar-refractivity contribution in [2.75, 3.05) is 13.1 Å². The van der Waals surface area contributed by atoms with E-state index in [0.29, 0.717) is 5.92 Å². The molecule has 2 aliphatic heterocycles. The van der Waals surface area contributed by atoms with E-state index in [-0.39, 0.29) is 24.4 Å². The Hall–Kier alpha value is -1.53. The quantitative estimate of drug-likeness (QED) is 0.714. The Balaban J connectivity index is 1.51. The highest BCUT2D eigenvalue weighted by atomic mass is 16.7. The lowest BCUT2D eigenvalue weighted by molar-refractivity contribution is 0.00578. The minimum atomic E-state index is -0.438. The van der Waals surface area contributed by atoms with Crippen LogP contribution in [-0.4, -0.2) is 48.0 Å². The van der Waals surface area contributed by atoms with E-state index in [1.165, 1.54) is 5.56 Å². The highest BCUT2D eigenvalue weighted by Gasteiger charge is 2.51. The van der Waals surface area contributed by atoms with Crippen LogP contribution in [0.1, 0.15) is 66.9 Å². The molecule has 0 radical (unpaired) electrons. The van der Waals surface area contributed by atoms with Crippen molar-refractivity contribution >= 4 is 18.7 Å². The van der Waals surface area contributed by atoms with Crippen LogP contribution in [0.4, 0.5) is 4.79 Å². The summed E-state index contributed by atoms with van der Waals surface area (Å²) in [6.07, 6.45) is 2.87. The first-order chi connectivity index (χ1) is 13.4. The van der Waals surface area contributed by atoms with E-state index in [1.54, 1.807) is 0 Å². The Bertz CT molecular complexity index is 699. The highest BCUT2D eigenvalue weighted by Crippen LogP contribution is 2.36. The fraction of sp³-hybridized carbons (Fsp3) is 0.696. The van der Waals surface area contributed by atoms with E-state index >= 15 is 0 Å². The number of benzene rings is 1. The summed E-state index contributed by atoms with van der Waals surface area (Å²) in [5.41, 5.74) is 1.30. The molecule has 2 fully saturated rings. The van der Waals surface area contributed by atoms with Crippen LogP contribution in [0.2, 0.25) is 0 Å². The van der Waals surface area contributed by atoms with Gasteiger partial charge in [0.05, 0.1) is 11.2 Å². The second-order valence-corrected chi connectivity index (χ2v) is 10.4. The molecule has 0 bridgehead atoms. The van der Waals surface area contributed by atoms with Gasteiger partial charge in [0.1, 0.15) is 5.60 Å². The summed E-state index contributed by atoms with van der Waals surface area (Å²) in [4.78, 5) is 14.0. The third-order valence-corrected chi connectivity index (χ3v) is 6.30. The Morgan fingerprint density at radius 2 is 1.59 bits per heavy atom. The first-order valence-corrected chi connectivity index (χ1v) is 10.8. The van der Waals surface area contributed by atoms with Gasteiger partial charge in [0, 0.05) is 13.1 Å². The van der Waals surface area contributed by atoms with Gasteiger partial charge in [-0.25, -0.2) is 4.79 Å². The first kappa shape index (κ1) is 22.2. The van der Waals surface area contributed by atoms with Gasteiger partial charge in [-0.3, -0.25) is 0 Å². The van der Waals surface area contributed by atoms with Gasteiger partial charge in [0.15, 0.2) is 0 Å². The van der Waals surface area contributed by atoms with E-state index in [4.69, 9.17) is 14.0 Å². The molecule has 0 spiro atoms. The van der Waals surface area contributed by atoms with Crippen LogP contribution in [0.25, 0.3) is 0 Å². The normalized spacial score (nSPS) is 22.0. The molecule has 0 saturated carbocycles.